The van der Waals surface area contributed by atoms with Crippen LogP contribution in [0.4, 0.5) is 20.6 Å². The summed E-state index contributed by atoms with van der Waals surface area (Å²) in [6, 6.07) is 15.7. The molecule has 3 N–H and O–H groups in total. The van der Waals surface area contributed by atoms with Gasteiger partial charge in [-0.3, -0.25) is 0 Å². The molecule has 2 aromatic carbocycles. The Morgan fingerprint density at radius 3 is 2.90 bits per heavy atom. The first kappa shape index (κ1) is 15.8. The van der Waals surface area contributed by atoms with Crippen LogP contribution in [-0.4, -0.2) is 20.6 Å². The van der Waals surface area contributed by atoms with Crippen molar-refractivity contribution in [2.45, 2.75) is 6.50 Å². The van der Waals surface area contributed by atoms with E-state index in [0.29, 0.717) is 38.9 Å². The molecule has 148 valence electrons. The molecule has 0 radical (unpaired) electrons. The Morgan fingerprint density at radius 1 is 1.10 bits per heavy atom. The second-order valence-electron chi connectivity index (χ2n) is 6.73. The molecule has 0 aliphatic rings. The zero-order valence-electron chi connectivity index (χ0n) is 17.7. The number of fused-ring (bicyclic) bond motifs is 2. The minimum absolute atomic E-state index is 0.330. The molecule has 0 unspecified atom stereocenters. The number of anilines is 2. The number of carbonyl (C=O) groups is 1. The second-order valence-corrected chi connectivity index (χ2v) is 6.73. The molecule has 0 aliphatic carbocycles. The van der Waals surface area contributed by atoms with Crippen molar-refractivity contribution >= 4 is 39.3 Å². The van der Waals surface area contributed by atoms with Crippen LogP contribution in [0.2, 0.25) is 0 Å². The lowest BCUT2D eigenvalue weighted by Crippen LogP contribution is -2.19. The predicted octanol–water partition coefficient (Wildman–Crippen LogP) is 5.35. The molecule has 0 spiro atoms. The number of aromatic amines is 1. The highest BCUT2D eigenvalue weighted by atomic mass is 19.1. The number of nitrogens with zero attached hydrogens (tertiary/aromatic N) is 2. The first-order valence-corrected chi connectivity index (χ1v) is 9.30. The quantitative estimate of drug-likeness (QED) is 0.380. The molecule has 0 saturated heterocycles. The minimum atomic E-state index is -1.87. The zero-order chi connectivity index (χ0) is 22.3. The van der Waals surface area contributed by atoms with E-state index in [4.69, 9.17) is 2.74 Å². The van der Waals surface area contributed by atoms with Crippen LogP contribution in [0.5, 0.6) is 0 Å². The second kappa shape index (κ2) is 7.36. The fourth-order valence-electron chi connectivity index (χ4n) is 3.40. The lowest BCUT2D eigenvalue weighted by atomic mass is 10.2. The highest BCUT2D eigenvalue weighted by Gasteiger charge is 2.11. The molecule has 6 nitrogen and oxygen atoms in total. The van der Waals surface area contributed by atoms with Gasteiger partial charge < -0.3 is 20.2 Å². The molecule has 5 aromatic rings. The summed E-state index contributed by atoms with van der Waals surface area (Å²) in [5, 5.41) is 6.72. The fourth-order valence-corrected chi connectivity index (χ4v) is 3.40. The number of hydrogen-bond acceptors (Lipinski definition) is 2. The average molecular weight is 401 g/mol. The van der Waals surface area contributed by atoms with E-state index in [0.717, 1.165) is 0 Å². The lowest BCUT2D eigenvalue weighted by Gasteiger charge is -2.10. The number of nitrogens with one attached hydrogen (secondary N) is 3. The van der Waals surface area contributed by atoms with Gasteiger partial charge in [0, 0.05) is 41.5 Å². The third-order valence-corrected chi connectivity index (χ3v) is 4.76. The molecular weight excluding hydrogens is 381 g/mol. The van der Waals surface area contributed by atoms with E-state index < -0.39 is 18.3 Å². The van der Waals surface area contributed by atoms with Crippen LogP contribution in [0.25, 0.3) is 21.9 Å². The van der Waals surface area contributed by atoms with Crippen molar-refractivity contribution < 1.29 is 11.9 Å². The Bertz CT molecular complexity index is 1460. The van der Waals surface area contributed by atoms with Crippen LogP contribution >= 0.6 is 0 Å². The van der Waals surface area contributed by atoms with Gasteiger partial charge in [0.1, 0.15) is 11.5 Å². The van der Waals surface area contributed by atoms with Gasteiger partial charge in [-0.15, -0.1) is 0 Å². The van der Waals surface area contributed by atoms with Crippen LogP contribution in [0.15, 0.2) is 79.3 Å². The summed E-state index contributed by atoms with van der Waals surface area (Å²) in [6.07, 6.45) is 4.92. The van der Waals surface area contributed by atoms with Crippen LogP contribution in [-0.2, 0) is 6.50 Å². The topological polar surface area (TPSA) is 74.7 Å². The first-order chi connectivity index (χ1) is 15.4. The summed E-state index contributed by atoms with van der Waals surface area (Å²) in [5.74, 6) is -0.448. The van der Waals surface area contributed by atoms with E-state index in [9.17, 15) is 9.18 Å². The molecule has 30 heavy (non-hydrogen) atoms. The number of hydrogen-bond donors (Lipinski definition) is 3. The summed E-state index contributed by atoms with van der Waals surface area (Å²) in [7, 11) is 0. The van der Waals surface area contributed by atoms with E-state index in [1.54, 1.807) is 55.0 Å². The molecule has 0 bridgehead atoms. The number of pyridine rings is 1. The van der Waals surface area contributed by atoms with Crippen molar-refractivity contribution in [1.29, 1.82) is 0 Å². The normalized spacial score (nSPS) is 12.6. The fraction of sp³-hybridized carbons (Fsp3) is 0.0435. The zero-order valence-corrected chi connectivity index (χ0v) is 15.7. The third-order valence-electron chi connectivity index (χ3n) is 4.76. The Kier molecular flexibility index (Phi) is 3.87. The molecule has 0 atom stereocenters. The van der Waals surface area contributed by atoms with Gasteiger partial charge >= 0.3 is 6.03 Å². The number of H-pyrrole nitrogens is 1. The number of rotatable bonds is 4. The number of amides is 2. The van der Waals surface area contributed by atoms with Crippen LogP contribution < -0.4 is 10.6 Å². The number of benzene rings is 2. The van der Waals surface area contributed by atoms with Gasteiger partial charge in [0.05, 0.1) is 13.9 Å². The molecule has 0 fully saturated rings. The van der Waals surface area contributed by atoms with Crippen molar-refractivity contribution in [1.82, 2.24) is 14.5 Å². The van der Waals surface area contributed by atoms with E-state index in [2.05, 4.69) is 20.6 Å². The molecule has 3 aromatic heterocycles. The SMILES string of the molecule is [2H]C([2H])(c1c[nH]c2ncccc12)n1ccc2c(NC(=O)Nc3cccc(F)c3)cccc21. The molecule has 0 aliphatic heterocycles. The van der Waals surface area contributed by atoms with Crippen molar-refractivity contribution in [2.24, 2.45) is 0 Å². The van der Waals surface area contributed by atoms with Gasteiger partial charge in [0.25, 0.3) is 0 Å². The van der Waals surface area contributed by atoms with Crippen LogP contribution in [0, 0.1) is 5.82 Å². The maximum absolute atomic E-state index is 13.4. The van der Waals surface area contributed by atoms with E-state index in [-0.39, 0.29) is 0 Å². The van der Waals surface area contributed by atoms with Crippen molar-refractivity contribution in [3.63, 3.8) is 0 Å². The van der Waals surface area contributed by atoms with E-state index in [1.807, 2.05) is 6.07 Å². The number of halogens is 1. The largest absolute Gasteiger partial charge is 0.346 e. The van der Waals surface area contributed by atoms with E-state index in [1.165, 1.54) is 22.8 Å². The Labute approximate surface area is 174 Å². The Balaban J connectivity index is 1.48. The average Bonchev–Trinajstić information content (AvgIpc) is 3.39. The molecule has 3 heterocycles. The highest BCUT2D eigenvalue weighted by Crippen LogP contribution is 2.26. The summed E-state index contributed by atoms with van der Waals surface area (Å²) in [6.45, 7) is -1.87. The Hall–Kier alpha value is -4.13. The van der Waals surface area contributed by atoms with Gasteiger partial charge in [-0.25, -0.2) is 14.2 Å². The summed E-state index contributed by atoms with van der Waals surface area (Å²) in [4.78, 5) is 19.7. The lowest BCUT2D eigenvalue weighted by molar-refractivity contribution is 0.262. The maximum atomic E-state index is 13.4. The summed E-state index contributed by atoms with van der Waals surface area (Å²) in [5.41, 5.74) is 2.51. The number of carbonyl (C=O) groups excluding carboxylic acids is 1. The van der Waals surface area contributed by atoms with Gasteiger partial charge in [-0.05, 0) is 54.1 Å². The standard InChI is InChI=1S/C23H18FN5O/c24-16-4-1-5-17(12-16)27-23(30)28-20-7-2-8-21-19(20)9-11-29(21)14-15-13-26-22-18(15)6-3-10-25-22/h1-13H,14H2,(H,25,26)(H2,27,28,30)/i14D2. The van der Waals surface area contributed by atoms with Gasteiger partial charge in [-0.1, -0.05) is 12.1 Å². The summed E-state index contributed by atoms with van der Waals surface area (Å²) >= 11 is 0. The van der Waals surface area contributed by atoms with Gasteiger partial charge in [0.15, 0.2) is 0 Å². The van der Waals surface area contributed by atoms with E-state index >= 15 is 0 Å². The third kappa shape index (κ3) is 3.37. The molecule has 7 heteroatoms. The minimum Gasteiger partial charge on any atom is -0.346 e. The Morgan fingerprint density at radius 2 is 2.00 bits per heavy atom. The van der Waals surface area contributed by atoms with Crippen molar-refractivity contribution in [2.75, 3.05) is 10.6 Å². The summed E-state index contributed by atoms with van der Waals surface area (Å²) < 4.78 is 32.6. The van der Waals surface area contributed by atoms with Crippen molar-refractivity contribution in [3.05, 3.63) is 90.6 Å². The maximum Gasteiger partial charge on any atom is 0.323 e. The number of urea groups is 1. The number of aromatic nitrogens is 3. The monoisotopic (exact) mass is 401 g/mol. The molecule has 0 saturated carbocycles. The molecular formula is C23H18FN5O. The van der Waals surface area contributed by atoms with Gasteiger partial charge in [-0.2, -0.15) is 0 Å². The van der Waals surface area contributed by atoms with Crippen molar-refractivity contribution in [3.8, 4) is 0 Å². The van der Waals surface area contributed by atoms with Gasteiger partial charge in [0.2, 0.25) is 0 Å². The van der Waals surface area contributed by atoms with Crippen LogP contribution in [0.3, 0.4) is 0 Å². The molecule has 5 rings (SSSR count). The smallest absolute Gasteiger partial charge is 0.323 e. The van der Waals surface area contributed by atoms with Crippen LogP contribution in [0.1, 0.15) is 8.30 Å². The predicted molar refractivity (Wildman–Crippen MR) is 116 cm³/mol. The highest BCUT2D eigenvalue weighted by molar-refractivity contribution is 6.05. The first-order valence-electron chi connectivity index (χ1n) is 10.3. The molecule has 2 amide bonds.